The minimum atomic E-state index is 0.351. The molecule has 4 unspecified atom stereocenters. The third-order valence-corrected chi connectivity index (χ3v) is 9.33. The normalized spacial score (nSPS) is 31.0. The highest BCUT2D eigenvalue weighted by atomic mass is 16.5. The summed E-state index contributed by atoms with van der Waals surface area (Å²) in [6, 6.07) is 0. The van der Waals surface area contributed by atoms with Crippen LogP contribution in [0.2, 0.25) is 0 Å². The summed E-state index contributed by atoms with van der Waals surface area (Å²) in [6.45, 7) is 28.5. The van der Waals surface area contributed by atoms with Gasteiger partial charge in [0.05, 0.1) is 7.11 Å². The van der Waals surface area contributed by atoms with E-state index in [1.807, 2.05) is 0 Å². The summed E-state index contributed by atoms with van der Waals surface area (Å²) < 4.78 is 4.85. The van der Waals surface area contributed by atoms with Crippen molar-refractivity contribution in [1.82, 2.24) is 0 Å². The summed E-state index contributed by atoms with van der Waals surface area (Å²) in [5, 5.41) is 0. The van der Waals surface area contributed by atoms with E-state index < -0.39 is 0 Å². The van der Waals surface area contributed by atoms with Gasteiger partial charge < -0.3 is 4.74 Å². The average Bonchev–Trinajstić information content (AvgIpc) is 2.72. The topological polar surface area (TPSA) is 9.23 Å². The van der Waals surface area contributed by atoms with Crippen molar-refractivity contribution in [3.05, 3.63) is 42.4 Å². The Morgan fingerprint density at radius 1 is 0.903 bits per heavy atom. The minimum absolute atomic E-state index is 0.351. The molecule has 31 heavy (non-hydrogen) atoms. The zero-order valence-electron chi connectivity index (χ0n) is 22.5. The third kappa shape index (κ3) is 5.98. The highest BCUT2D eigenvalue weighted by Crippen LogP contribution is 2.53. The number of methoxy groups -OCH3 is 1. The summed E-state index contributed by atoms with van der Waals surface area (Å²) >= 11 is 0. The molecule has 0 bridgehead atoms. The first-order chi connectivity index (χ1) is 14.3. The molecule has 0 spiro atoms. The Bertz CT molecular complexity index is 669. The first-order valence-corrected chi connectivity index (χ1v) is 12.6. The molecule has 3 aliphatic rings. The van der Waals surface area contributed by atoms with Crippen LogP contribution in [0.3, 0.4) is 0 Å². The summed E-state index contributed by atoms with van der Waals surface area (Å²) in [6.07, 6.45) is 11.5. The van der Waals surface area contributed by atoms with Crippen LogP contribution in [-0.2, 0) is 4.74 Å². The molecule has 1 heteroatoms. The molecule has 4 atom stereocenters. The third-order valence-electron chi connectivity index (χ3n) is 9.33. The largest absolute Gasteiger partial charge is 0.496 e. The lowest BCUT2D eigenvalue weighted by Crippen LogP contribution is -2.43. The van der Waals surface area contributed by atoms with Crippen LogP contribution >= 0.6 is 0 Å². The maximum Gasteiger partial charge on any atom is 0.125 e. The molecule has 0 amide bonds. The van der Waals surface area contributed by atoms with Gasteiger partial charge in [-0.25, -0.2) is 0 Å². The van der Waals surface area contributed by atoms with Crippen molar-refractivity contribution in [1.29, 1.82) is 0 Å². The maximum atomic E-state index is 4.85. The lowest BCUT2D eigenvalue weighted by atomic mass is 9.54. The van der Waals surface area contributed by atoms with Gasteiger partial charge in [-0.2, -0.15) is 0 Å². The fraction of sp³-hybridized carbons (Fsp3) is 0.767. The average molecular weight is 429 g/mol. The van der Waals surface area contributed by atoms with E-state index in [0.717, 1.165) is 23.7 Å². The molecule has 0 N–H and O–H groups in total. The van der Waals surface area contributed by atoms with Crippen molar-refractivity contribution in [3.8, 4) is 0 Å². The first kappa shape index (κ1) is 27.8. The molecule has 0 radical (unpaired) electrons. The van der Waals surface area contributed by atoms with Gasteiger partial charge in [-0.3, -0.25) is 0 Å². The predicted octanol–water partition coefficient (Wildman–Crippen LogP) is 9.37. The fourth-order valence-corrected chi connectivity index (χ4v) is 5.69. The van der Waals surface area contributed by atoms with Crippen LogP contribution in [0.4, 0.5) is 0 Å². The van der Waals surface area contributed by atoms with E-state index in [9.17, 15) is 0 Å². The van der Waals surface area contributed by atoms with Gasteiger partial charge in [0.15, 0.2) is 0 Å². The quantitative estimate of drug-likeness (QED) is 0.241. The molecular weight excluding hydrogens is 376 g/mol. The lowest BCUT2D eigenvalue weighted by molar-refractivity contribution is 0.00949. The van der Waals surface area contributed by atoms with E-state index in [4.69, 9.17) is 4.74 Å². The molecule has 0 aromatic heterocycles. The second-order valence-electron chi connectivity index (χ2n) is 11.6. The van der Waals surface area contributed by atoms with Crippen molar-refractivity contribution in [2.45, 2.75) is 101 Å². The predicted molar refractivity (Wildman–Crippen MR) is 138 cm³/mol. The number of ether oxygens (including phenoxy) is 1. The second kappa shape index (κ2) is 11.1. The monoisotopic (exact) mass is 428 g/mol. The second-order valence-corrected chi connectivity index (χ2v) is 11.6. The van der Waals surface area contributed by atoms with Crippen LogP contribution in [-0.4, -0.2) is 7.11 Å². The van der Waals surface area contributed by atoms with Crippen LogP contribution in [0.5, 0.6) is 0 Å². The van der Waals surface area contributed by atoms with Gasteiger partial charge in [0.25, 0.3) is 0 Å². The van der Waals surface area contributed by atoms with Crippen molar-refractivity contribution >= 4 is 0 Å². The molecule has 3 rings (SSSR count). The maximum absolute atomic E-state index is 4.85. The van der Waals surface area contributed by atoms with Crippen molar-refractivity contribution in [2.24, 2.45) is 39.9 Å². The number of hydrogen-bond acceptors (Lipinski definition) is 1. The van der Waals surface area contributed by atoms with Crippen LogP contribution in [0.15, 0.2) is 42.4 Å². The van der Waals surface area contributed by atoms with Crippen LogP contribution in [0.1, 0.15) is 101 Å². The number of hydrogen-bond donors (Lipinski definition) is 0. The van der Waals surface area contributed by atoms with Gasteiger partial charge in [0.2, 0.25) is 0 Å². The summed E-state index contributed by atoms with van der Waals surface area (Å²) in [7, 11) is 1.66. The van der Waals surface area contributed by atoms with E-state index in [0.29, 0.717) is 16.2 Å². The van der Waals surface area contributed by atoms with Crippen molar-refractivity contribution in [3.63, 3.8) is 0 Å². The Morgan fingerprint density at radius 2 is 1.42 bits per heavy atom. The fourth-order valence-electron chi connectivity index (χ4n) is 5.69. The van der Waals surface area contributed by atoms with Crippen LogP contribution in [0.25, 0.3) is 0 Å². The van der Waals surface area contributed by atoms with E-state index in [2.05, 4.69) is 87.3 Å². The van der Waals surface area contributed by atoms with Gasteiger partial charge in [-0.15, -0.1) is 6.58 Å². The smallest absolute Gasteiger partial charge is 0.125 e. The van der Waals surface area contributed by atoms with Crippen molar-refractivity contribution < 1.29 is 4.74 Å². The summed E-state index contributed by atoms with van der Waals surface area (Å²) in [5.74, 6) is 3.46. The van der Waals surface area contributed by atoms with Gasteiger partial charge >= 0.3 is 0 Å². The first-order valence-electron chi connectivity index (χ1n) is 12.6. The van der Waals surface area contributed by atoms with Gasteiger partial charge in [0.1, 0.15) is 6.26 Å². The van der Waals surface area contributed by atoms with E-state index >= 15 is 0 Å². The standard InChI is InChI=1S/C11H18O.C10H18.C9H16/c1-5-9-8-10(6-7-12-4)11(9,2)3;1-5-8-7-9(6-2)10(8,3)4;1-5-8-6-7(2)9(8,3)4/h7,9H,5,8H2,1-4H3;5,8-9H,1,6-7H2,2-4H3;8H,2,5-6H2,1,3-4H3. The summed E-state index contributed by atoms with van der Waals surface area (Å²) in [4.78, 5) is 0. The molecule has 0 saturated heterocycles. The molecule has 3 fully saturated rings. The summed E-state index contributed by atoms with van der Waals surface area (Å²) in [5.41, 5.74) is 7.37. The minimum Gasteiger partial charge on any atom is -0.496 e. The zero-order chi connectivity index (χ0) is 24.0. The van der Waals surface area contributed by atoms with Gasteiger partial charge in [-0.1, -0.05) is 106 Å². The highest BCUT2D eigenvalue weighted by molar-refractivity contribution is 5.23. The molecule has 1 nitrogen and oxygen atoms in total. The van der Waals surface area contributed by atoms with Crippen LogP contribution < -0.4 is 0 Å². The lowest BCUT2D eigenvalue weighted by Gasteiger charge is -2.51. The van der Waals surface area contributed by atoms with Gasteiger partial charge in [-0.05, 0) is 64.8 Å². The van der Waals surface area contributed by atoms with E-state index in [1.165, 1.54) is 49.7 Å². The molecule has 178 valence electrons. The molecule has 0 heterocycles. The van der Waals surface area contributed by atoms with E-state index in [-0.39, 0.29) is 0 Å². The SMILES string of the molecule is C=C1CC(CC)C1(C)C.C=CC1CC(CC)C1(C)C.CCC1CC(=C=COC)C1(C)C. The number of rotatable bonds is 5. The Hall–Kier alpha value is -1.20. The molecule has 0 aliphatic heterocycles. The Balaban J connectivity index is 0.000000235. The molecule has 0 aromatic rings. The Labute approximate surface area is 195 Å². The van der Waals surface area contributed by atoms with Gasteiger partial charge in [0, 0.05) is 0 Å². The zero-order valence-corrected chi connectivity index (χ0v) is 22.5. The van der Waals surface area contributed by atoms with Crippen LogP contribution in [0, 0.1) is 39.9 Å². The molecule has 0 aromatic carbocycles. The molecule has 3 saturated carbocycles. The molecular formula is C30H52O. The Morgan fingerprint density at radius 3 is 1.71 bits per heavy atom. The van der Waals surface area contributed by atoms with E-state index in [1.54, 1.807) is 13.4 Å². The Kier molecular flexibility index (Phi) is 9.96. The molecule has 3 aliphatic carbocycles. The van der Waals surface area contributed by atoms with Crippen molar-refractivity contribution in [2.75, 3.05) is 7.11 Å². The number of allylic oxidation sites excluding steroid dienone is 3. The highest BCUT2D eigenvalue weighted by Gasteiger charge is 2.45.